The minimum atomic E-state index is -2.97. The number of anilines is 1. The number of fused-ring (bicyclic) bond motifs is 2. The highest BCUT2D eigenvalue weighted by molar-refractivity contribution is 5.76. The molecular weight excluding hydrogens is 490 g/mol. The first-order chi connectivity index (χ1) is 17.7. The number of piperidine rings is 1. The van der Waals surface area contributed by atoms with Gasteiger partial charge in [0.15, 0.2) is 5.65 Å². The van der Waals surface area contributed by atoms with Crippen molar-refractivity contribution >= 4 is 11.5 Å². The average Bonchev–Trinajstić information content (AvgIpc) is 3.33. The van der Waals surface area contributed by atoms with Crippen LogP contribution in [-0.4, -0.2) is 38.4 Å². The van der Waals surface area contributed by atoms with Gasteiger partial charge in [-0.15, -0.1) is 0 Å². The Bertz CT molecular complexity index is 1610. The van der Waals surface area contributed by atoms with Gasteiger partial charge in [-0.2, -0.15) is 0 Å². The number of hydrogen-bond donors (Lipinski definition) is 0. The lowest BCUT2D eigenvalue weighted by molar-refractivity contribution is -0.0424. The highest BCUT2D eigenvalue weighted by Gasteiger charge is 2.45. The van der Waals surface area contributed by atoms with Crippen LogP contribution in [0, 0.1) is 18.6 Å². The van der Waals surface area contributed by atoms with Crippen molar-refractivity contribution in [3.05, 3.63) is 87.2 Å². The van der Waals surface area contributed by atoms with Crippen LogP contribution in [0.5, 0.6) is 0 Å². The SMILES string of the molecule is Cc1cc(C2CN(c3cn4c(=O)c5c(nc4c(-c4ccc(F)cc4F)n3)COC5)CCC2(F)F)ccn1. The van der Waals surface area contributed by atoms with Crippen LogP contribution in [0.3, 0.4) is 0 Å². The van der Waals surface area contributed by atoms with Crippen LogP contribution in [0.15, 0.2) is 47.5 Å². The molecule has 5 heterocycles. The number of pyridine rings is 1. The van der Waals surface area contributed by atoms with Gasteiger partial charge in [0.05, 0.1) is 36.6 Å². The van der Waals surface area contributed by atoms with Crippen LogP contribution in [0.25, 0.3) is 16.9 Å². The third-order valence-corrected chi connectivity index (χ3v) is 6.92. The summed E-state index contributed by atoms with van der Waals surface area (Å²) in [4.78, 5) is 28.2. The van der Waals surface area contributed by atoms with Gasteiger partial charge >= 0.3 is 0 Å². The fraction of sp³-hybridized carbons (Fsp3) is 0.308. The molecular formula is C26H21F4N5O2. The Balaban J connectivity index is 1.52. The highest BCUT2D eigenvalue weighted by Crippen LogP contribution is 2.41. The first-order valence-corrected chi connectivity index (χ1v) is 11.7. The smallest absolute Gasteiger partial charge is 0.263 e. The second-order valence-corrected chi connectivity index (χ2v) is 9.34. The molecule has 3 aromatic heterocycles. The summed E-state index contributed by atoms with van der Waals surface area (Å²) >= 11 is 0. The molecule has 37 heavy (non-hydrogen) atoms. The fourth-order valence-electron chi connectivity index (χ4n) is 4.98. The quantitative estimate of drug-likeness (QED) is 0.380. The summed E-state index contributed by atoms with van der Waals surface area (Å²) in [5, 5.41) is 0. The largest absolute Gasteiger partial charge is 0.370 e. The van der Waals surface area contributed by atoms with Crippen molar-refractivity contribution in [2.45, 2.75) is 38.4 Å². The lowest BCUT2D eigenvalue weighted by Crippen LogP contribution is -2.46. The summed E-state index contributed by atoms with van der Waals surface area (Å²) in [6.45, 7) is 1.83. The van der Waals surface area contributed by atoms with Gasteiger partial charge in [-0.25, -0.2) is 27.5 Å². The molecule has 7 nitrogen and oxygen atoms in total. The zero-order valence-corrected chi connectivity index (χ0v) is 19.7. The summed E-state index contributed by atoms with van der Waals surface area (Å²) in [5.41, 5.74) is 1.48. The standard InChI is InChI=1S/C26H21F4N5O2/c1-14-8-15(4-6-31-14)19-10-34(7-5-26(19,29)30)22-11-35-24(32-21-13-37-12-18(21)25(35)36)23(33-22)17-3-2-16(27)9-20(17)28/h2-4,6,8-9,11,19H,5,7,10,12-13H2,1H3. The predicted molar refractivity (Wildman–Crippen MR) is 127 cm³/mol. The molecule has 1 fully saturated rings. The topological polar surface area (TPSA) is 72.6 Å². The van der Waals surface area contributed by atoms with Crippen LogP contribution >= 0.6 is 0 Å². The van der Waals surface area contributed by atoms with E-state index >= 15 is 8.78 Å². The molecule has 0 N–H and O–H groups in total. The lowest BCUT2D eigenvalue weighted by Gasteiger charge is -2.39. The van der Waals surface area contributed by atoms with Gasteiger partial charge in [0.25, 0.3) is 11.5 Å². The monoisotopic (exact) mass is 511 g/mol. The molecule has 2 aliphatic heterocycles. The van der Waals surface area contributed by atoms with Gasteiger partial charge < -0.3 is 9.64 Å². The first kappa shape index (κ1) is 23.5. The van der Waals surface area contributed by atoms with Crippen LogP contribution in [0.2, 0.25) is 0 Å². The van der Waals surface area contributed by atoms with Crippen molar-refractivity contribution < 1.29 is 22.3 Å². The molecule has 1 saturated heterocycles. The summed E-state index contributed by atoms with van der Waals surface area (Å²) in [6, 6.07) is 6.23. The summed E-state index contributed by atoms with van der Waals surface area (Å²) in [5.74, 6) is -5.55. The van der Waals surface area contributed by atoms with Crippen LogP contribution in [-0.2, 0) is 18.0 Å². The molecule has 2 aliphatic rings. The molecule has 11 heteroatoms. The molecule has 0 bridgehead atoms. The van der Waals surface area contributed by atoms with Crippen molar-refractivity contribution in [2.75, 3.05) is 18.0 Å². The van der Waals surface area contributed by atoms with E-state index in [0.29, 0.717) is 22.5 Å². The number of aromatic nitrogens is 4. The second kappa shape index (κ2) is 8.62. The molecule has 0 amide bonds. The van der Waals surface area contributed by atoms with E-state index < -0.39 is 35.5 Å². The van der Waals surface area contributed by atoms with E-state index in [1.54, 1.807) is 24.0 Å². The Hall–Kier alpha value is -3.86. The van der Waals surface area contributed by atoms with E-state index in [2.05, 4.69) is 15.0 Å². The van der Waals surface area contributed by atoms with E-state index in [0.717, 1.165) is 12.1 Å². The second-order valence-electron chi connectivity index (χ2n) is 9.34. The number of benzene rings is 1. The van der Waals surface area contributed by atoms with Gasteiger partial charge in [0, 0.05) is 43.0 Å². The van der Waals surface area contributed by atoms with Crippen LogP contribution < -0.4 is 10.5 Å². The van der Waals surface area contributed by atoms with Crippen molar-refractivity contribution in [2.24, 2.45) is 0 Å². The third kappa shape index (κ3) is 4.03. The Labute approximate surface area is 208 Å². The fourth-order valence-corrected chi connectivity index (χ4v) is 4.98. The summed E-state index contributed by atoms with van der Waals surface area (Å²) in [6.07, 6.45) is 2.49. The first-order valence-electron chi connectivity index (χ1n) is 11.7. The van der Waals surface area contributed by atoms with Crippen molar-refractivity contribution in [1.29, 1.82) is 0 Å². The molecule has 1 atom stereocenters. The maximum atomic E-state index is 15.0. The number of aryl methyl sites for hydroxylation is 1. The van der Waals surface area contributed by atoms with Gasteiger partial charge in [0.1, 0.15) is 23.1 Å². The Kier molecular flexibility index (Phi) is 5.48. The van der Waals surface area contributed by atoms with Gasteiger partial charge in [0.2, 0.25) is 0 Å². The zero-order valence-electron chi connectivity index (χ0n) is 19.7. The highest BCUT2D eigenvalue weighted by atomic mass is 19.3. The van der Waals surface area contributed by atoms with E-state index in [4.69, 9.17) is 4.74 Å². The van der Waals surface area contributed by atoms with E-state index in [1.807, 2.05) is 0 Å². The number of rotatable bonds is 3. The minimum absolute atomic E-state index is 0.00967. The normalized spacial score (nSPS) is 18.8. The molecule has 4 aromatic rings. The molecule has 190 valence electrons. The van der Waals surface area contributed by atoms with Crippen LogP contribution in [0.1, 0.15) is 34.9 Å². The lowest BCUT2D eigenvalue weighted by atomic mass is 9.87. The van der Waals surface area contributed by atoms with Gasteiger partial charge in [-0.3, -0.25) is 14.2 Å². The molecule has 0 radical (unpaired) electrons. The maximum Gasteiger partial charge on any atom is 0.263 e. The summed E-state index contributed by atoms with van der Waals surface area (Å²) < 4.78 is 65.3. The molecule has 1 aromatic carbocycles. The Morgan fingerprint density at radius 3 is 2.73 bits per heavy atom. The third-order valence-electron chi connectivity index (χ3n) is 6.92. The molecule has 0 saturated carbocycles. The molecule has 0 spiro atoms. The van der Waals surface area contributed by atoms with E-state index in [9.17, 15) is 13.6 Å². The molecule has 6 rings (SSSR count). The number of ether oxygens (including phenoxy) is 1. The van der Waals surface area contributed by atoms with Gasteiger partial charge in [-0.05, 0) is 36.8 Å². The maximum absolute atomic E-state index is 15.0. The predicted octanol–water partition coefficient (Wildman–Crippen LogP) is 4.40. The van der Waals surface area contributed by atoms with Crippen molar-refractivity contribution in [1.82, 2.24) is 19.4 Å². The number of hydrogen-bond acceptors (Lipinski definition) is 6. The van der Waals surface area contributed by atoms with Crippen molar-refractivity contribution in [3.8, 4) is 11.3 Å². The number of halogens is 4. The van der Waals surface area contributed by atoms with Gasteiger partial charge in [-0.1, -0.05) is 0 Å². The number of nitrogens with zero attached hydrogens (tertiary/aromatic N) is 5. The summed E-state index contributed by atoms with van der Waals surface area (Å²) in [7, 11) is 0. The molecule has 1 unspecified atom stereocenters. The Morgan fingerprint density at radius 1 is 1.11 bits per heavy atom. The van der Waals surface area contributed by atoms with E-state index in [1.165, 1.54) is 22.9 Å². The van der Waals surface area contributed by atoms with Crippen molar-refractivity contribution in [3.63, 3.8) is 0 Å². The van der Waals surface area contributed by atoms with E-state index in [-0.39, 0.29) is 49.0 Å². The van der Waals surface area contributed by atoms with Crippen LogP contribution in [0.4, 0.5) is 23.4 Å². The Morgan fingerprint density at radius 2 is 1.95 bits per heavy atom. The minimum Gasteiger partial charge on any atom is -0.370 e. The molecule has 0 aliphatic carbocycles. The average molecular weight is 511 g/mol. The zero-order chi connectivity index (χ0) is 25.9. The number of alkyl halides is 2.